The molecule has 0 radical (unpaired) electrons. The summed E-state index contributed by atoms with van der Waals surface area (Å²) in [7, 11) is 0. The summed E-state index contributed by atoms with van der Waals surface area (Å²) < 4.78 is 0. The van der Waals surface area contributed by atoms with Crippen LogP contribution < -0.4 is 4.90 Å². The Kier molecular flexibility index (Phi) is 3.65. The molecule has 0 saturated carbocycles. The Morgan fingerprint density at radius 1 is 1.33 bits per heavy atom. The predicted molar refractivity (Wildman–Crippen MR) is 91.0 cm³/mol. The number of piperazine rings is 1. The number of nitrogens with zero attached hydrogens (tertiary/aromatic N) is 4. The van der Waals surface area contributed by atoms with Crippen LogP contribution in [-0.4, -0.2) is 63.4 Å². The molecule has 3 fully saturated rings. The number of aliphatic carboxylic acids is 1. The second kappa shape index (κ2) is 5.69. The normalized spacial score (nSPS) is 25.8. The lowest BCUT2D eigenvalue weighted by atomic mass is 10.1. The number of fused-ring (bicyclic) bond motifs is 5. The molecule has 4 rings (SSSR count). The standard InChI is InChI=1S/C17H13ClN4O5/c1-7-10(3-2-8(5-19)12(7)18)22-14(23)13-11-4-9(21(13)17(22)27)6-20(11)15(24)16(25)26/h2-3,9,11,13H,4,6H2,1H3,(H,25,26)/t9-,11-,13-/m0/s1. The van der Waals surface area contributed by atoms with Crippen LogP contribution in [0.25, 0.3) is 0 Å². The molecular formula is C17H13ClN4O5. The Bertz CT molecular complexity index is 971. The van der Waals surface area contributed by atoms with Gasteiger partial charge < -0.3 is 14.9 Å². The van der Waals surface area contributed by atoms with E-state index in [0.29, 0.717) is 12.0 Å². The van der Waals surface area contributed by atoms with Crippen LogP contribution in [0.1, 0.15) is 17.5 Å². The molecule has 3 aliphatic rings. The summed E-state index contributed by atoms with van der Waals surface area (Å²) in [5.74, 6) is -3.19. The lowest BCUT2D eigenvalue weighted by molar-refractivity contribution is -0.157. The molecule has 3 saturated heterocycles. The minimum atomic E-state index is -1.59. The van der Waals surface area contributed by atoms with E-state index < -0.39 is 41.9 Å². The van der Waals surface area contributed by atoms with Gasteiger partial charge in [-0.25, -0.2) is 14.5 Å². The molecule has 3 heterocycles. The number of carbonyl (C=O) groups is 4. The maximum absolute atomic E-state index is 13.0. The SMILES string of the molecule is Cc1c(N2C(=O)[C@@H]3[C@@H]4C[C@@H](CN4C(=O)C(=O)O)N3C2=O)ccc(C#N)c1Cl. The Labute approximate surface area is 158 Å². The van der Waals surface area contributed by atoms with Crippen LogP contribution in [0.3, 0.4) is 0 Å². The van der Waals surface area contributed by atoms with Crippen LogP contribution in [0.4, 0.5) is 10.5 Å². The van der Waals surface area contributed by atoms with E-state index in [4.69, 9.17) is 22.0 Å². The van der Waals surface area contributed by atoms with Crippen LogP contribution in [0.15, 0.2) is 12.1 Å². The molecule has 10 heteroatoms. The Balaban J connectivity index is 1.71. The van der Waals surface area contributed by atoms with Crippen molar-refractivity contribution in [2.75, 3.05) is 11.4 Å². The summed E-state index contributed by atoms with van der Waals surface area (Å²) in [6.45, 7) is 1.70. The van der Waals surface area contributed by atoms with Crippen molar-refractivity contribution in [3.05, 3.63) is 28.3 Å². The molecule has 0 unspecified atom stereocenters. The van der Waals surface area contributed by atoms with Crippen molar-refractivity contribution in [2.24, 2.45) is 0 Å². The molecule has 0 spiro atoms. The number of carboxylic acid groups (broad SMARTS) is 1. The van der Waals surface area contributed by atoms with Crippen molar-refractivity contribution in [3.8, 4) is 6.07 Å². The van der Waals surface area contributed by atoms with E-state index in [-0.39, 0.29) is 22.8 Å². The molecule has 2 bridgehead atoms. The van der Waals surface area contributed by atoms with Crippen LogP contribution in [0.2, 0.25) is 5.02 Å². The number of hydrogen-bond acceptors (Lipinski definition) is 5. The first kappa shape index (κ1) is 17.3. The minimum absolute atomic E-state index is 0.0896. The van der Waals surface area contributed by atoms with E-state index in [1.165, 1.54) is 17.0 Å². The van der Waals surface area contributed by atoms with Crippen LogP contribution >= 0.6 is 11.6 Å². The Hall–Kier alpha value is -3.12. The summed E-state index contributed by atoms with van der Waals surface area (Å²) in [4.78, 5) is 52.4. The highest BCUT2D eigenvalue weighted by molar-refractivity contribution is 6.34. The predicted octanol–water partition coefficient (Wildman–Crippen LogP) is 0.725. The maximum atomic E-state index is 13.0. The average Bonchev–Trinajstić information content (AvgIpc) is 3.29. The largest absolute Gasteiger partial charge is 0.474 e. The maximum Gasteiger partial charge on any atom is 0.394 e. The Morgan fingerprint density at radius 3 is 2.67 bits per heavy atom. The van der Waals surface area contributed by atoms with Crippen molar-refractivity contribution in [3.63, 3.8) is 0 Å². The molecule has 1 aromatic carbocycles. The van der Waals surface area contributed by atoms with Gasteiger partial charge in [-0.1, -0.05) is 11.6 Å². The lowest BCUT2D eigenvalue weighted by Gasteiger charge is -2.33. The lowest BCUT2D eigenvalue weighted by Crippen LogP contribution is -2.56. The number of halogens is 1. The third-order valence-electron chi connectivity index (χ3n) is 5.43. The summed E-state index contributed by atoms with van der Waals surface area (Å²) in [6.07, 6.45) is 0.377. The molecule has 3 aliphatic heterocycles. The van der Waals surface area contributed by atoms with Gasteiger partial charge in [0.25, 0.3) is 5.91 Å². The smallest absolute Gasteiger partial charge is 0.394 e. The van der Waals surface area contributed by atoms with Crippen molar-refractivity contribution < 1.29 is 24.3 Å². The summed E-state index contributed by atoms with van der Waals surface area (Å²) in [5.41, 5.74) is 0.930. The fourth-order valence-electron chi connectivity index (χ4n) is 4.24. The number of imide groups is 1. The number of anilines is 1. The second-order valence-electron chi connectivity index (χ2n) is 6.71. The molecule has 3 atom stereocenters. The molecule has 138 valence electrons. The van der Waals surface area contributed by atoms with Gasteiger partial charge in [0, 0.05) is 6.54 Å². The van der Waals surface area contributed by atoms with Crippen molar-refractivity contribution in [1.82, 2.24) is 9.80 Å². The van der Waals surface area contributed by atoms with Crippen LogP contribution in [0, 0.1) is 18.3 Å². The summed E-state index contributed by atoms with van der Waals surface area (Å²) >= 11 is 6.16. The van der Waals surface area contributed by atoms with Gasteiger partial charge in [0.1, 0.15) is 12.1 Å². The first-order chi connectivity index (χ1) is 12.8. The van der Waals surface area contributed by atoms with Crippen molar-refractivity contribution in [1.29, 1.82) is 5.26 Å². The molecule has 0 aliphatic carbocycles. The molecule has 4 amide bonds. The quantitative estimate of drug-likeness (QED) is 0.559. The van der Waals surface area contributed by atoms with Crippen molar-refractivity contribution >= 4 is 41.1 Å². The van der Waals surface area contributed by atoms with E-state index >= 15 is 0 Å². The number of carboxylic acids is 1. The van der Waals surface area contributed by atoms with Gasteiger partial charge in [-0.05, 0) is 31.0 Å². The fourth-order valence-corrected chi connectivity index (χ4v) is 4.44. The monoisotopic (exact) mass is 388 g/mol. The zero-order chi connectivity index (χ0) is 19.6. The number of carbonyl (C=O) groups excluding carboxylic acids is 3. The average molecular weight is 389 g/mol. The first-order valence-corrected chi connectivity index (χ1v) is 8.55. The molecule has 1 aromatic rings. The van der Waals surface area contributed by atoms with E-state index in [9.17, 15) is 19.2 Å². The zero-order valence-electron chi connectivity index (χ0n) is 14.0. The van der Waals surface area contributed by atoms with Gasteiger partial charge in [-0.2, -0.15) is 5.26 Å². The number of benzene rings is 1. The van der Waals surface area contributed by atoms with E-state index in [2.05, 4.69) is 0 Å². The highest BCUT2D eigenvalue weighted by Gasteiger charge is 2.63. The third-order valence-corrected chi connectivity index (χ3v) is 5.91. The van der Waals surface area contributed by atoms with Crippen LogP contribution in [0.5, 0.6) is 0 Å². The van der Waals surface area contributed by atoms with Gasteiger partial charge in [0.2, 0.25) is 0 Å². The molecule has 0 aromatic heterocycles. The summed E-state index contributed by atoms with van der Waals surface area (Å²) in [5, 5.41) is 18.2. The van der Waals surface area contributed by atoms with E-state index in [0.717, 1.165) is 9.80 Å². The number of nitriles is 1. The number of rotatable bonds is 1. The summed E-state index contributed by atoms with van der Waals surface area (Å²) in [6, 6.07) is 2.36. The molecule has 1 N–H and O–H groups in total. The van der Waals surface area contributed by atoms with E-state index in [1.807, 2.05) is 6.07 Å². The third kappa shape index (κ3) is 2.16. The first-order valence-electron chi connectivity index (χ1n) is 8.17. The van der Waals surface area contributed by atoms with Gasteiger partial charge in [0.15, 0.2) is 0 Å². The fraction of sp³-hybridized carbons (Fsp3) is 0.353. The number of urea groups is 1. The van der Waals surface area contributed by atoms with Gasteiger partial charge in [0.05, 0.1) is 28.4 Å². The molecule has 9 nitrogen and oxygen atoms in total. The van der Waals surface area contributed by atoms with Gasteiger partial charge in [-0.3, -0.25) is 9.59 Å². The topological polar surface area (TPSA) is 122 Å². The van der Waals surface area contributed by atoms with Gasteiger partial charge >= 0.3 is 17.9 Å². The number of hydrogen-bond donors (Lipinski definition) is 1. The highest BCUT2D eigenvalue weighted by Crippen LogP contribution is 2.43. The Morgan fingerprint density at radius 2 is 2.04 bits per heavy atom. The highest BCUT2D eigenvalue weighted by atomic mass is 35.5. The van der Waals surface area contributed by atoms with Gasteiger partial charge in [-0.15, -0.1) is 0 Å². The van der Waals surface area contributed by atoms with Crippen LogP contribution in [-0.2, 0) is 14.4 Å². The zero-order valence-corrected chi connectivity index (χ0v) is 14.8. The minimum Gasteiger partial charge on any atom is -0.474 e. The second-order valence-corrected chi connectivity index (χ2v) is 7.09. The molecular weight excluding hydrogens is 376 g/mol. The molecule has 27 heavy (non-hydrogen) atoms. The van der Waals surface area contributed by atoms with E-state index in [1.54, 1.807) is 6.92 Å². The number of likely N-dealkylation sites (tertiary alicyclic amines) is 1. The van der Waals surface area contributed by atoms with Crippen molar-refractivity contribution in [2.45, 2.75) is 31.5 Å². The number of amides is 4.